The molecule has 2 N–H and O–H groups in total. The summed E-state index contributed by atoms with van der Waals surface area (Å²) in [6, 6.07) is -0.756. The Hall–Kier alpha value is -2.53. The van der Waals surface area contributed by atoms with Gasteiger partial charge < -0.3 is 15.5 Å². The van der Waals surface area contributed by atoms with Crippen molar-refractivity contribution in [1.82, 2.24) is 15.5 Å². The summed E-state index contributed by atoms with van der Waals surface area (Å²) in [5.41, 5.74) is -1.72. The Kier molecular flexibility index (Phi) is 6.12. The minimum atomic E-state index is -5.01. The highest BCUT2D eigenvalue weighted by atomic mass is 19.4. The predicted molar refractivity (Wildman–Crippen MR) is 94.1 cm³/mol. The number of nitrogens with zero attached hydrogens (tertiary/aromatic N) is 1. The Balaban J connectivity index is 1.88. The molecule has 1 unspecified atom stereocenters. The molecule has 172 valence electrons. The standard InChI is InChI=1S/C19H20F7N3O2/c1-9-16(30)27-4-5-29(9)17(31)28-15(11-6-12(7-11)18(21,22)23)10-2-3-14(20)13(8-10)19(24,25)26/h2-3,8-9,11-12,15H,4-7H2,1H3,(H,27,30)(H,28,31)/t9-,11?,12?,15?/m1/s1. The van der Waals surface area contributed by atoms with E-state index in [4.69, 9.17) is 0 Å². The minimum absolute atomic E-state index is 0.124. The lowest BCUT2D eigenvalue weighted by molar-refractivity contribution is -0.206. The van der Waals surface area contributed by atoms with Gasteiger partial charge in [-0.1, -0.05) is 6.07 Å². The van der Waals surface area contributed by atoms with Gasteiger partial charge in [0.1, 0.15) is 11.9 Å². The van der Waals surface area contributed by atoms with Gasteiger partial charge >= 0.3 is 18.4 Å². The monoisotopic (exact) mass is 455 g/mol. The molecule has 0 bridgehead atoms. The number of rotatable bonds is 3. The predicted octanol–water partition coefficient (Wildman–Crippen LogP) is 4.00. The number of hydrogen-bond donors (Lipinski definition) is 2. The molecule has 3 amide bonds. The Morgan fingerprint density at radius 2 is 1.84 bits per heavy atom. The topological polar surface area (TPSA) is 61.4 Å². The average molecular weight is 455 g/mol. The zero-order valence-corrected chi connectivity index (χ0v) is 16.3. The molecule has 1 aliphatic heterocycles. The number of piperazine rings is 1. The molecule has 0 aromatic heterocycles. The molecular weight excluding hydrogens is 435 g/mol. The smallest absolute Gasteiger partial charge is 0.353 e. The van der Waals surface area contributed by atoms with Crippen molar-refractivity contribution in [2.24, 2.45) is 11.8 Å². The van der Waals surface area contributed by atoms with Gasteiger partial charge in [-0.2, -0.15) is 26.3 Å². The van der Waals surface area contributed by atoms with Gasteiger partial charge in [0.05, 0.1) is 17.5 Å². The van der Waals surface area contributed by atoms with Crippen LogP contribution in [0.2, 0.25) is 0 Å². The van der Waals surface area contributed by atoms with Gasteiger partial charge in [0.2, 0.25) is 5.91 Å². The van der Waals surface area contributed by atoms with Gasteiger partial charge in [-0.15, -0.1) is 0 Å². The fourth-order valence-corrected chi connectivity index (χ4v) is 3.90. The van der Waals surface area contributed by atoms with Crippen LogP contribution in [0.25, 0.3) is 0 Å². The molecule has 2 fully saturated rings. The Morgan fingerprint density at radius 3 is 2.42 bits per heavy atom. The van der Waals surface area contributed by atoms with Gasteiger partial charge in [0, 0.05) is 13.1 Å². The van der Waals surface area contributed by atoms with E-state index < -0.39 is 59.6 Å². The quantitative estimate of drug-likeness (QED) is 0.677. The molecule has 5 nitrogen and oxygen atoms in total. The number of alkyl halides is 6. The number of benzene rings is 1. The van der Waals surface area contributed by atoms with E-state index >= 15 is 0 Å². The lowest BCUT2D eigenvalue weighted by Crippen LogP contribution is -2.59. The Morgan fingerprint density at radius 1 is 1.19 bits per heavy atom. The van der Waals surface area contributed by atoms with E-state index in [0.29, 0.717) is 12.1 Å². The van der Waals surface area contributed by atoms with Crippen LogP contribution in [0.4, 0.5) is 35.5 Å². The lowest BCUT2D eigenvalue weighted by atomic mass is 9.69. The molecular formula is C19H20F7N3O2. The van der Waals surface area contributed by atoms with Crippen molar-refractivity contribution in [3.63, 3.8) is 0 Å². The van der Waals surface area contributed by atoms with Crippen molar-refractivity contribution in [1.29, 1.82) is 0 Å². The first-order chi connectivity index (χ1) is 14.3. The zero-order chi connectivity index (χ0) is 23.1. The molecule has 1 aromatic rings. The fourth-order valence-electron chi connectivity index (χ4n) is 3.90. The van der Waals surface area contributed by atoms with Crippen LogP contribution in [0.3, 0.4) is 0 Å². The van der Waals surface area contributed by atoms with E-state index in [1.165, 1.54) is 6.92 Å². The number of carbonyl (C=O) groups excluding carboxylic acids is 2. The van der Waals surface area contributed by atoms with Crippen LogP contribution in [0, 0.1) is 17.7 Å². The fraction of sp³-hybridized carbons (Fsp3) is 0.579. The second-order valence-corrected chi connectivity index (χ2v) is 7.79. The van der Waals surface area contributed by atoms with Crippen LogP contribution in [0.5, 0.6) is 0 Å². The molecule has 12 heteroatoms. The SMILES string of the molecule is C[C@@H]1C(=O)NCCN1C(=O)NC(c1ccc(F)c(C(F)(F)F)c1)C1CC(C(F)(F)F)C1. The second-order valence-electron chi connectivity index (χ2n) is 7.79. The van der Waals surface area contributed by atoms with Crippen molar-refractivity contribution in [3.8, 4) is 0 Å². The second kappa shape index (κ2) is 8.19. The van der Waals surface area contributed by atoms with E-state index in [2.05, 4.69) is 10.6 Å². The number of halogens is 7. The molecule has 31 heavy (non-hydrogen) atoms. The third-order valence-electron chi connectivity index (χ3n) is 5.80. The van der Waals surface area contributed by atoms with Gasteiger partial charge in [-0.3, -0.25) is 4.79 Å². The van der Waals surface area contributed by atoms with Crippen LogP contribution in [-0.4, -0.2) is 42.1 Å². The Bertz CT molecular complexity index is 850. The minimum Gasteiger partial charge on any atom is -0.353 e. The van der Waals surface area contributed by atoms with Gasteiger partial charge in [-0.25, -0.2) is 9.18 Å². The summed E-state index contributed by atoms with van der Waals surface area (Å²) < 4.78 is 91.8. The average Bonchev–Trinajstić information content (AvgIpc) is 2.60. The molecule has 2 aliphatic rings. The summed E-state index contributed by atoms with van der Waals surface area (Å²) in [5, 5.41) is 5.02. The first-order valence-corrected chi connectivity index (χ1v) is 9.57. The molecule has 2 atom stereocenters. The normalized spacial score (nSPS) is 25.5. The van der Waals surface area contributed by atoms with Crippen molar-refractivity contribution in [3.05, 3.63) is 35.1 Å². The highest BCUT2D eigenvalue weighted by Gasteiger charge is 2.50. The first kappa shape index (κ1) is 23.1. The van der Waals surface area contributed by atoms with Crippen LogP contribution >= 0.6 is 0 Å². The van der Waals surface area contributed by atoms with E-state index in [9.17, 15) is 40.3 Å². The van der Waals surface area contributed by atoms with Gasteiger partial charge in [0.25, 0.3) is 0 Å². The van der Waals surface area contributed by atoms with Crippen molar-refractivity contribution >= 4 is 11.9 Å². The van der Waals surface area contributed by atoms with Crippen molar-refractivity contribution in [2.45, 2.75) is 44.2 Å². The molecule has 3 rings (SSSR count). The summed E-state index contributed by atoms with van der Waals surface area (Å²) in [6.45, 7) is 1.74. The summed E-state index contributed by atoms with van der Waals surface area (Å²) in [7, 11) is 0. The third kappa shape index (κ3) is 4.87. The summed E-state index contributed by atoms with van der Waals surface area (Å²) in [4.78, 5) is 25.7. The largest absolute Gasteiger partial charge is 0.419 e. The maximum atomic E-state index is 13.7. The Labute approximate surface area is 173 Å². The van der Waals surface area contributed by atoms with E-state index in [1.807, 2.05) is 0 Å². The van der Waals surface area contributed by atoms with E-state index in [1.54, 1.807) is 0 Å². The van der Waals surface area contributed by atoms with Crippen molar-refractivity contribution < 1.29 is 40.3 Å². The molecule has 1 aliphatic carbocycles. The highest BCUT2D eigenvalue weighted by Crippen LogP contribution is 2.50. The number of carbonyl (C=O) groups is 2. The number of urea groups is 1. The molecule has 1 saturated carbocycles. The lowest BCUT2D eigenvalue weighted by Gasteiger charge is -2.43. The number of nitrogens with one attached hydrogen (secondary N) is 2. The van der Waals surface area contributed by atoms with Crippen molar-refractivity contribution in [2.75, 3.05) is 13.1 Å². The van der Waals surface area contributed by atoms with Crippen LogP contribution in [0.1, 0.15) is 36.9 Å². The van der Waals surface area contributed by atoms with Crippen LogP contribution < -0.4 is 10.6 Å². The summed E-state index contributed by atoms with van der Waals surface area (Å²) in [6.07, 6.45) is -10.2. The van der Waals surface area contributed by atoms with Gasteiger partial charge in [-0.05, 0) is 43.4 Å². The molecule has 1 aromatic carbocycles. The van der Waals surface area contributed by atoms with Gasteiger partial charge in [0.15, 0.2) is 0 Å². The molecule has 1 saturated heterocycles. The summed E-state index contributed by atoms with van der Waals surface area (Å²) in [5.74, 6) is -4.38. The molecule has 1 heterocycles. The van der Waals surface area contributed by atoms with Crippen LogP contribution in [-0.2, 0) is 11.0 Å². The maximum absolute atomic E-state index is 13.7. The number of hydrogen-bond acceptors (Lipinski definition) is 2. The maximum Gasteiger partial charge on any atom is 0.419 e. The number of amides is 3. The summed E-state index contributed by atoms with van der Waals surface area (Å²) >= 11 is 0. The van der Waals surface area contributed by atoms with E-state index in [-0.39, 0.29) is 31.5 Å². The van der Waals surface area contributed by atoms with E-state index in [0.717, 1.165) is 11.0 Å². The zero-order valence-electron chi connectivity index (χ0n) is 16.3. The first-order valence-electron chi connectivity index (χ1n) is 9.57. The molecule has 0 spiro atoms. The molecule has 0 radical (unpaired) electrons. The highest BCUT2D eigenvalue weighted by molar-refractivity contribution is 5.88. The third-order valence-corrected chi connectivity index (χ3v) is 5.80. The van der Waals surface area contributed by atoms with Crippen LogP contribution in [0.15, 0.2) is 18.2 Å².